The lowest BCUT2D eigenvalue weighted by Crippen LogP contribution is -2.02. The molecule has 212 valence electrons. The van der Waals surface area contributed by atoms with Crippen molar-refractivity contribution in [2.75, 3.05) is 7.05 Å². The van der Waals surface area contributed by atoms with Crippen LogP contribution >= 0.6 is 0 Å². The maximum atomic E-state index is 4.97. The van der Waals surface area contributed by atoms with Gasteiger partial charge in [-0.2, -0.15) is 0 Å². The Morgan fingerprint density at radius 2 is 1.27 bits per heavy atom. The van der Waals surface area contributed by atoms with Gasteiger partial charge in [-0.15, -0.1) is 0 Å². The minimum Gasteiger partial charge on any atom is -0.297 e. The average Bonchev–Trinajstić information content (AvgIpc) is 3.08. The number of rotatable bonds is 8. The Labute approximate surface area is 258 Å². The molecule has 6 rings (SSSR count). The van der Waals surface area contributed by atoms with E-state index >= 15 is 0 Å². The van der Waals surface area contributed by atoms with Crippen LogP contribution in [0.15, 0.2) is 145 Å². The van der Waals surface area contributed by atoms with Crippen LogP contribution in [0.2, 0.25) is 0 Å². The highest BCUT2D eigenvalue weighted by Gasteiger charge is 2.13. The summed E-state index contributed by atoms with van der Waals surface area (Å²) in [6.45, 7) is 6.21. The van der Waals surface area contributed by atoms with Gasteiger partial charge in [0.2, 0.25) is 0 Å². The normalized spacial score (nSPS) is 12.5. The van der Waals surface area contributed by atoms with Gasteiger partial charge in [0.25, 0.3) is 0 Å². The highest BCUT2D eigenvalue weighted by molar-refractivity contribution is 5.88. The zero-order valence-electron chi connectivity index (χ0n) is 24.9. The van der Waals surface area contributed by atoms with E-state index in [0.29, 0.717) is 17.5 Å². The predicted molar refractivity (Wildman–Crippen MR) is 187 cm³/mol. The molecule has 0 atom stereocenters. The molecule has 0 spiro atoms. The van der Waals surface area contributed by atoms with E-state index in [4.69, 9.17) is 15.0 Å². The topological polar surface area (TPSA) is 51.0 Å². The molecule has 44 heavy (non-hydrogen) atoms. The summed E-state index contributed by atoms with van der Waals surface area (Å²) < 4.78 is 0. The van der Waals surface area contributed by atoms with Crippen molar-refractivity contribution in [2.24, 2.45) is 4.99 Å². The summed E-state index contributed by atoms with van der Waals surface area (Å²) in [5.74, 6) is 1.81. The molecule has 0 saturated carbocycles. The highest BCUT2D eigenvalue weighted by Crippen LogP contribution is 2.28. The van der Waals surface area contributed by atoms with E-state index in [-0.39, 0.29) is 0 Å². The van der Waals surface area contributed by atoms with Crippen molar-refractivity contribution in [1.82, 2.24) is 15.0 Å². The van der Waals surface area contributed by atoms with Crippen LogP contribution in [0.3, 0.4) is 0 Å². The molecule has 1 heterocycles. The van der Waals surface area contributed by atoms with E-state index in [1.807, 2.05) is 42.5 Å². The minimum absolute atomic E-state index is 0.570. The van der Waals surface area contributed by atoms with Crippen LogP contribution in [0, 0.1) is 0 Å². The number of nitrogens with zero attached hydrogens (tertiary/aromatic N) is 4. The van der Waals surface area contributed by atoms with E-state index in [2.05, 4.69) is 110 Å². The Hall–Kier alpha value is -5.74. The molecule has 0 aliphatic carbocycles. The first-order valence-electron chi connectivity index (χ1n) is 14.6. The fourth-order valence-electron chi connectivity index (χ4n) is 5.09. The zero-order chi connectivity index (χ0) is 30.3. The van der Waals surface area contributed by atoms with Crippen LogP contribution in [0.25, 0.3) is 61.5 Å². The molecule has 5 aromatic carbocycles. The third kappa shape index (κ3) is 6.35. The lowest BCUT2D eigenvalue weighted by Gasteiger charge is -2.10. The van der Waals surface area contributed by atoms with Crippen LogP contribution in [-0.4, -0.2) is 28.2 Å². The summed E-state index contributed by atoms with van der Waals surface area (Å²) in [6, 6.07) is 37.6. The Morgan fingerprint density at radius 1 is 0.659 bits per heavy atom. The molecule has 0 radical (unpaired) electrons. The van der Waals surface area contributed by atoms with Crippen molar-refractivity contribution in [3.05, 3.63) is 157 Å². The minimum atomic E-state index is 0.570. The first-order chi connectivity index (χ1) is 21.6. The molecule has 0 N–H and O–H groups in total. The van der Waals surface area contributed by atoms with Gasteiger partial charge in [-0.3, -0.25) is 4.99 Å². The fraction of sp³-hybridized carbons (Fsp3) is 0.0500. The molecule has 0 bridgehead atoms. The molecule has 0 aliphatic heterocycles. The summed E-state index contributed by atoms with van der Waals surface area (Å²) in [4.78, 5) is 18.9. The summed E-state index contributed by atoms with van der Waals surface area (Å²) in [5, 5.41) is 4.61. The monoisotopic (exact) mass is 568 g/mol. The zero-order valence-corrected chi connectivity index (χ0v) is 24.9. The smallest absolute Gasteiger partial charge is 0.164 e. The van der Waals surface area contributed by atoms with Gasteiger partial charge in [-0.25, -0.2) is 15.0 Å². The molecule has 0 saturated heterocycles. The van der Waals surface area contributed by atoms with E-state index in [9.17, 15) is 0 Å². The van der Waals surface area contributed by atoms with Gasteiger partial charge in [0.15, 0.2) is 17.5 Å². The van der Waals surface area contributed by atoms with E-state index in [1.165, 1.54) is 10.8 Å². The molecule has 0 amide bonds. The summed E-state index contributed by atoms with van der Waals surface area (Å²) in [5.41, 5.74) is 6.03. The van der Waals surface area contributed by atoms with Crippen molar-refractivity contribution in [1.29, 1.82) is 0 Å². The third-order valence-electron chi connectivity index (χ3n) is 7.51. The van der Waals surface area contributed by atoms with Crippen molar-refractivity contribution in [3.8, 4) is 22.8 Å². The van der Waals surface area contributed by atoms with Crippen LogP contribution < -0.4 is 0 Å². The first-order valence-corrected chi connectivity index (χ1v) is 14.6. The van der Waals surface area contributed by atoms with Gasteiger partial charge < -0.3 is 0 Å². The van der Waals surface area contributed by atoms with E-state index < -0.39 is 0 Å². The van der Waals surface area contributed by atoms with Crippen LogP contribution in [-0.2, 0) is 0 Å². The second kappa shape index (κ2) is 13.1. The molecule has 4 nitrogen and oxygen atoms in total. The van der Waals surface area contributed by atoms with Crippen molar-refractivity contribution >= 4 is 45.0 Å². The summed E-state index contributed by atoms with van der Waals surface area (Å²) >= 11 is 0. The third-order valence-corrected chi connectivity index (χ3v) is 7.51. The van der Waals surface area contributed by atoms with Crippen molar-refractivity contribution in [2.45, 2.75) is 6.92 Å². The SMILES string of the molecule is C=C/C(=C\C=C(/C)c1cccc(/C=C\C=N/C)c1)c1nc(-c2ccc3ccccc3c2)nc(-c2ccc3ccccc3c2)n1. The molecule has 6 aromatic rings. The van der Waals surface area contributed by atoms with Crippen molar-refractivity contribution in [3.63, 3.8) is 0 Å². The molecule has 0 fully saturated rings. The number of aliphatic imine (C=N–C) groups is 1. The van der Waals surface area contributed by atoms with Gasteiger partial charge in [-0.05, 0) is 69.4 Å². The molecular formula is C40H32N4. The molecule has 1 aromatic heterocycles. The number of aromatic nitrogens is 3. The predicted octanol–water partition coefficient (Wildman–Crippen LogP) is 9.90. The van der Waals surface area contributed by atoms with Crippen LogP contribution in [0.1, 0.15) is 23.9 Å². The largest absolute Gasteiger partial charge is 0.297 e. The number of benzene rings is 5. The maximum absolute atomic E-state index is 4.97. The summed E-state index contributed by atoms with van der Waals surface area (Å²) in [7, 11) is 1.76. The average molecular weight is 569 g/mol. The quantitative estimate of drug-likeness (QED) is 0.136. The second-order valence-electron chi connectivity index (χ2n) is 10.5. The number of hydrogen-bond donors (Lipinski definition) is 0. The Morgan fingerprint density at radius 3 is 1.86 bits per heavy atom. The number of hydrogen-bond acceptors (Lipinski definition) is 4. The standard InChI is InChI=1S/C40H32N4/c1-4-30(19-18-28(2)33-17-9-11-29(25-33)12-10-24-41-3)38-42-39(36-22-20-31-13-5-7-15-34(31)26-36)44-40(43-38)37-23-21-32-14-6-8-16-35(32)27-37/h4-27H,1H2,2-3H3/b12-10-,28-18+,30-19+,41-24-. The molecular weight excluding hydrogens is 536 g/mol. The van der Waals surface area contributed by atoms with Gasteiger partial charge >= 0.3 is 0 Å². The summed E-state index contributed by atoms with van der Waals surface area (Å²) in [6.07, 6.45) is 11.7. The lowest BCUT2D eigenvalue weighted by atomic mass is 10.0. The van der Waals surface area contributed by atoms with Gasteiger partial charge in [0.05, 0.1) is 0 Å². The fourth-order valence-corrected chi connectivity index (χ4v) is 5.09. The highest BCUT2D eigenvalue weighted by atomic mass is 15.0. The van der Waals surface area contributed by atoms with E-state index in [1.54, 1.807) is 19.3 Å². The lowest BCUT2D eigenvalue weighted by molar-refractivity contribution is 1.04. The Bertz CT molecular complexity index is 2020. The van der Waals surface area contributed by atoms with Gasteiger partial charge in [0, 0.05) is 30.0 Å². The number of allylic oxidation sites excluding steroid dienone is 6. The molecule has 0 aliphatic rings. The Kier molecular flexibility index (Phi) is 8.42. The van der Waals surface area contributed by atoms with Crippen molar-refractivity contribution < 1.29 is 0 Å². The first kappa shape index (κ1) is 28.4. The van der Waals surface area contributed by atoms with Crippen LogP contribution in [0.5, 0.6) is 0 Å². The molecule has 0 unspecified atom stereocenters. The van der Waals surface area contributed by atoms with Gasteiger partial charge in [-0.1, -0.05) is 122 Å². The van der Waals surface area contributed by atoms with E-state index in [0.717, 1.165) is 44.2 Å². The van der Waals surface area contributed by atoms with Gasteiger partial charge in [0.1, 0.15) is 0 Å². The second-order valence-corrected chi connectivity index (χ2v) is 10.5. The van der Waals surface area contributed by atoms with Crippen LogP contribution in [0.4, 0.5) is 0 Å². The number of fused-ring (bicyclic) bond motifs is 2. The maximum Gasteiger partial charge on any atom is 0.164 e. The molecule has 4 heteroatoms. The Balaban J connectivity index is 1.44.